The van der Waals surface area contributed by atoms with Crippen LogP contribution in [0.1, 0.15) is 30.3 Å². The number of nitrogens with zero attached hydrogens (tertiary/aromatic N) is 2. The first-order valence-electron chi connectivity index (χ1n) is 9.31. The average molecular weight is 351 g/mol. The summed E-state index contributed by atoms with van der Waals surface area (Å²) in [7, 11) is 0. The molecule has 5 nitrogen and oxygen atoms in total. The summed E-state index contributed by atoms with van der Waals surface area (Å²) in [6, 6.07) is 14.3. The van der Waals surface area contributed by atoms with Gasteiger partial charge in [-0.1, -0.05) is 18.2 Å². The number of carbonyl (C=O) groups excluding carboxylic acids is 1. The van der Waals surface area contributed by atoms with Crippen molar-refractivity contribution in [3.63, 3.8) is 0 Å². The number of benzene rings is 1. The van der Waals surface area contributed by atoms with Crippen molar-refractivity contribution in [3.05, 3.63) is 60.2 Å². The molecule has 0 radical (unpaired) electrons. The fraction of sp³-hybridized carbons (Fsp3) is 0.381. The van der Waals surface area contributed by atoms with Crippen LogP contribution in [0.4, 0.5) is 0 Å². The molecule has 1 aliphatic heterocycles. The highest BCUT2D eigenvalue weighted by Crippen LogP contribution is 2.25. The van der Waals surface area contributed by atoms with Crippen molar-refractivity contribution in [2.45, 2.75) is 32.4 Å². The molecule has 2 aromatic heterocycles. The zero-order valence-corrected chi connectivity index (χ0v) is 15.1. The molecule has 1 aliphatic rings. The van der Waals surface area contributed by atoms with Gasteiger partial charge in [-0.05, 0) is 62.5 Å². The highest BCUT2D eigenvalue weighted by molar-refractivity contribution is 5.84. The summed E-state index contributed by atoms with van der Waals surface area (Å²) in [6.07, 6.45) is 4.12. The lowest BCUT2D eigenvalue weighted by atomic mass is 10.2. The predicted molar refractivity (Wildman–Crippen MR) is 102 cm³/mol. The van der Waals surface area contributed by atoms with E-state index in [2.05, 4.69) is 33.0 Å². The summed E-state index contributed by atoms with van der Waals surface area (Å²) in [5.41, 5.74) is 2.20. The van der Waals surface area contributed by atoms with Gasteiger partial charge in [0, 0.05) is 17.8 Å². The van der Waals surface area contributed by atoms with Crippen molar-refractivity contribution in [1.82, 2.24) is 14.8 Å². The number of amides is 1. The molecule has 136 valence electrons. The molecule has 1 N–H and O–H groups in total. The summed E-state index contributed by atoms with van der Waals surface area (Å²) in [5.74, 6) is 0.958. The van der Waals surface area contributed by atoms with Crippen molar-refractivity contribution in [2.24, 2.45) is 0 Å². The number of para-hydroxylation sites is 1. The van der Waals surface area contributed by atoms with Gasteiger partial charge in [0.15, 0.2) is 0 Å². The highest BCUT2D eigenvalue weighted by atomic mass is 16.3. The summed E-state index contributed by atoms with van der Waals surface area (Å²) in [4.78, 5) is 15.0. The van der Waals surface area contributed by atoms with E-state index in [0.717, 1.165) is 30.1 Å². The second-order valence-corrected chi connectivity index (χ2v) is 7.01. The molecule has 0 bridgehead atoms. The maximum absolute atomic E-state index is 12.6. The minimum atomic E-state index is 0.0326. The molecule has 1 amide bonds. The van der Waals surface area contributed by atoms with Crippen LogP contribution in [0.2, 0.25) is 0 Å². The fourth-order valence-electron chi connectivity index (χ4n) is 3.91. The Balaban J connectivity index is 1.44. The molecule has 1 atom stereocenters. The van der Waals surface area contributed by atoms with Crippen LogP contribution in [0.25, 0.3) is 10.9 Å². The molecule has 1 aromatic carbocycles. The van der Waals surface area contributed by atoms with Crippen LogP contribution >= 0.6 is 0 Å². The molecule has 3 heterocycles. The molecule has 1 unspecified atom stereocenters. The molecule has 3 aromatic rings. The van der Waals surface area contributed by atoms with E-state index >= 15 is 0 Å². The Hall–Kier alpha value is -2.53. The number of aryl methyl sites for hydroxylation is 1. The molecular weight excluding hydrogens is 326 g/mol. The van der Waals surface area contributed by atoms with Crippen LogP contribution < -0.4 is 5.32 Å². The lowest BCUT2D eigenvalue weighted by Crippen LogP contribution is -2.38. The predicted octanol–water partition coefficient (Wildman–Crippen LogP) is 3.50. The molecule has 0 saturated carbocycles. The topological polar surface area (TPSA) is 50.4 Å². The zero-order chi connectivity index (χ0) is 17.9. The van der Waals surface area contributed by atoms with E-state index in [1.165, 1.54) is 18.2 Å². The van der Waals surface area contributed by atoms with Gasteiger partial charge in [-0.3, -0.25) is 9.69 Å². The van der Waals surface area contributed by atoms with Crippen LogP contribution in [0, 0.1) is 6.92 Å². The van der Waals surface area contributed by atoms with Gasteiger partial charge in [0.1, 0.15) is 12.3 Å². The van der Waals surface area contributed by atoms with Gasteiger partial charge in [0.25, 0.3) is 0 Å². The van der Waals surface area contributed by atoms with Gasteiger partial charge in [-0.15, -0.1) is 0 Å². The van der Waals surface area contributed by atoms with E-state index in [1.54, 1.807) is 6.26 Å². The van der Waals surface area contributed by atoms with E-state index in [1.807, 2.05) is 31.2 Å². The number of hydrogen-bond acceptors (Lipinski definition) is 3. The fourth-order valence-corrected chi connectivity index (χ4v) is 3.91. The van der Waals surface area contributed by atoms with Crippen molar-refractivity contribution >= 4 is 16.8 Å². The van der Waals surface area contributed by atoms with E-state index in [0.29, 0.717) is 13.1 Å². The molecule has 5 heteroatoms. The first-order chi connectivity index (χ1) is 12.7. The second-order valence-electron chi connectivity index (χ2n) is 7.01. The number of hydrogen-bond donors (Lipinski definition) is 1. The van der Waals surface area contributed by atoms with Crippen LogP contribution in [0.3, 0.4) is 0 Å². The van der Waals surface area contributed by atoms with E-state index in [4.69, 9.17) is 4.42 Å². The van der Waals surface area contributed by atoms with Gasteiger partial charge >= 0.3 is 0 Å². The monoisotopic (exact) mass is 351 g/mol. The summed E-state index contributed by atoms with van der Waals surface area (Å²) in [5, 5.41) is 4.29. The Labute approximate surface area is 153 Å². The van der Waals surface area contributed by atoms with E-state index in [9.17, 15) is 4.79 Å². The SMILES string of the molecule is Cc1cc2ccccc2n1CC(=O)NCC(c1ccco1)N1CCCC1. The Morgan fingerprint density at radius 3 is 2.77 bits per heavy atom. The molecule has 0 aliphatic carbocycles. The lowest BCUT2D eigenvalue weighted by molar-refractivity contribution is -0.121. The van der Waals surface area contributed by atoms with Crippen LogP contribution in [0.5, 0.6) is 0 Å². The Kier molecular flexibility index (Phi) is 4.80. The van der Waals surface area contributed by atoms with Crippen LogP contribution in [-0.2, 0) is 11.3 Å². The zero-order valence-electron chi connectivity index (χ0n) is 15.1. The number of aromatic nitrogens is 1. The summed E-state index contributed by atoms with van der Waals surface area (Å²) < 4.78 is 7.70. The molecule has 1 fully saturated rings. The first kappa shape index (κ1) is 16.9. The average Bonchev–Trinajstić information content (AvgIpc) is 3.38. The maximum atomic E-state index is 12.6. The smallest absolute Gasteiger partial charge is 0.240 e. The number of likely N-dealkylation sites (tertiary alicyclic amines) is 1. The van der Waals surface area contributed by atoms with E-state index in [-0.39, 0.29) is 11.9 Å². The van der Waals surface area contributed by atoms with Crippen molar-refractivity contribution in [2.75, 3.05) is 19.6 Å². The van der Waals surface area contributed by atoms with Crippen molar-refractivity contribution in [3.8, 4) is 0 Å². The van der Waals surface area contributed by atoms with Gasteiger partial charge in [0.2, 0.25) is 5.91 Å². The number of fused-ring (bicyclic) bond motifs is 1. The number of carbonyl (C=O) groups is 1. The molecule has 4 rings (SSSR count). The summed E-state index contributed by atoms with van der Waals surface area (Å²) >= 11 is 0. The molecule has 0 spiro atoms. The van der Waals surface area contributed by atoms with Gasteiger partial charge in [0.05, 0.1) is 12.3 Å². The number of rotatable bonds is 6. The van der Waals surface area contributed by atoms with Crippen LogP contribution in [0.15, 0.2) is 53.1 Å². The minimum absolute atomic E-state index is 0.0326. The summed E-state index contributed by atoms with van der Waals surface area (Å²) in [6.45, 7) is 5.07. The Morgan fingerprint density at radius 1 is 1.19 bits per heavy atom. The molecular formula is C21H25N3O2. The molecule has 1 saturated heterocycles. The Bertz CT molecular complexity index is 876. The van der Waals surface area contributed by atoms with Crippen LogP contribution in [-0.4, -0.2) is 35.0 Å². The minimum Gasteiger partial charge on any atom is -0.468 e. The number of furan rings is 1. The third kappa shape index (κ3) is 3.40. The first-order valence-corrected chi connectivity index (χ1v) is 9.31. The van der Waals surface area contributed by atoms with Crippen molar-refractivity contribution < 1.29 is 9.21 Å². The van der Waals surface area contributed by atoms with Crippen molar-refractivity contribution in [1.29, 1.82) is 0 Å². The highest BCUT2D eigenvalue weighted by Gasteiger charge is 2.26. The lowest BCUT2D eigenvalue weighted by Gasteiger charge is -2.26. The normalized spacial score (nSPS) is 16.2. The standard InChI is InChI=1S/C21H25N3O2/c1-16-13-17-7-2-3-8-18(17)24(16)15-21(25)22-14-19(20-9-6-12-26-20)23-10-4-5-11-23/h2-3,6-9,12-13,19H,4-5,10-11,14-15H2,1H3,(H,22,25). The second kappa shape index (κ2) is 7.38. The molecule has 26 heavy (non-hydrogen) atoms. The third-order valence-electron chi connectivity index (χ3n) is 5.27. The van der Waals surface area contributed by atoms with Gasteiger partial charge in [-0.2, -0.15) is 0 Å². The Morgan fingerprint density at radius 2 is 2.00 bits per heavy atom. The van der Waals surface area contributed by atoms with E-state index < -0.39 is 0 Å². The third-order valence-corrected chi connectivity index (χ3v) is 5.27. The quantitative estimate of drug-likeness (QED) is 0.739. The maximum Gasteiger partial charge on any atom is 0.240 e. The largest absolute Gasteiger partial charge is 0.468 e. The van der Waals surface area contributed by atoms with Gasteiger partial charge in [-0.25, -0.2) is 0 Å². The van der Waals surface area contributed by atoms with Gasteiger partial charge < -0.3 is 14.3 Å². The number of nitrogens with one attached hydrogen (secondary N) is 1.